The van der Waals surface area contributed by atoms with Gasteiger partial charge in [0, 0.05) is 15.7 Å². The van der Waals surface area contributed by atoms with Crippen LogP contribution >= 0.6 is 15.9 Å². The van der Waals surface area contributed by atoms with Crippen molar-refractivity contribution in [2.24, 2.45) is 0 Å². The molecule has 0 unspecified atom stereocenters. The molecule has 2 aromatic carbocycles. The van der Waals surface area contributed by atoms with Crippen molar-refractivity contribution in [3.8, 4) is 11.3 Å². The Bertz CT molecular complexity index is 1140. The predicted octanol–water partition coefficient (Wildman–Crippen LogP) is 5.35. The summed E-state index contributed by atoms with van der Waals surface area (Å²) in [6.07, 6.45) is 0. The van der Waals surface area contributed by atoms with E-state index in [0.29, 0.717) is 33.6 Å². The molecule has 0 saturated carbocycles. The van der Waals surface area contributed by atoms with Crippen LogP contribution in [0.5, 0.6) is 0 Å². The second kappa shape index (κ2) is 6.92. The van der Waals surface area contributed by atoms with Crippen molar-refractivity contribution in [2.75, 3.05) is 5.32 Å². The fourth-order valence-electron chi connectivity index (χ4n) is 2.77. The number of nitrogens with one attached hydrogen (secondary N) is 1. The average Bonchev–Trinajstić information content (AvgIpc) is 3.04. The molecular formula is C20H13BrFN3O2. The van der Waals surface area contributed by atoms with Crippen molar-refractivity contribution >= 4 is 38.6 Å². The molecule has 0 fully saturated rings. The SMILES string of the molecule is Cc1noc2nc(-c3ccc(F)cc3)cc(C(=O)Nc3ccc(Br)cc3)c12. The minimum atomic E-state index is -0.344. The van der Waals surface area contributed by atoms with Crippen LogP contribution in [-0.4, -0.2) is 16.0 Å². The first-order valence-electron chi connectivity index (χ1n) is 8.11. The first-order valence-corrected chi connectivity index (χ1v) is 8.90. The van der Waals surface area contributed by atoms with Crippen LogP contribution in [0.4, 0.5) is 10.1 Å². The molecule has 2 heterocycles. The molecule has 0 spiro atoms. The number of fused-ring (bicyclic) bond motifs is 1. The Morgan fingerprint density at radius 1 is 1.11 bits per heavy atom. The quantitative estimate of drug-likeness (QED) is 0.480. The van der Waals surface area contributed by atoms with Crippen molar-refractivity contribution in [2.45, 2.75) is 6.92 Å². The normalized spacial score (nSPS) is 10.9. The van der Waals surface area contributed by atoms with E-state index in [1.54, 1.807) is 37.3 Å². The summed E-state index contributed by atoms with van der Waals surface area (Å²) in [5.41, 5.74) is 3.05. The van der Waals surface area contributed by atoms with Crippen LogP contribution < -0.4 is 5.32 Å². The lowest BCUT2D eigenvalue weighted by Gasteiger charge is -2.08. The van der Waals surface area contributed by atoms with E-state index in [9.17, 15) is 9.18 Å². The number of carbonyl (C=O) groups excluding carboxylic acids is 1. The molecule has 0 aliphatic rings. The monoisotopic (exact) mass is 425 g/mol. The van der Waals surface area contributed by atoms with Crippen molar-refractivity contribution < 1.29 is 13.7 Å². The molecule has 5 nitrogen and oxygen atoms in total. The molecule has 134 valence electrons. The maximum absolute atomic E-state index is 13.2. The Kier molecular flexibility index (Phi) is 4.45. The van der Waals surface area contributed by atoms with Gasteiger partial charge in [-0.1, -0.05) is 21.1 Å². The summed E-state index contributed by atoms with van der Waals surface area (Å²) in [6.45, 7) is 1.75. The summed E-state index contributed by atoms with van der Waals surface area (Å²) in [7, 11) is 0. The topological polar surface area (TPSA) is 68.0 Å². The minimum absolute atomic E-state index is 0.260. The minimum Gasteiger partial charge on any atom is -0.335 e. The fraction of sp³-hybridized carbons (Fsp3) is 0.0500. The zero-order valence-corrected chi connectivity index (χ0v) is 15.7. The van der Waals surface area contributed by atoms with Gasteiger partial charge < -0.3 is 9.84 Å². The van der Waals surface area contributed by atoms with Crippen LogP contribution in [0.2, 0.25) is 0 Å². The highest BCUT2D eigenvalue weighted by Crippen LogP contribution is 2.28. The van der Waals surface area contributed by atoms with E-state index in [2.05, 4.69) is 31.4 Å². The Hall–Kier alpha value is -3.06. The van der Waals surface area contributed by atoms with Gasteiger partial charge in [-0.05, 0) is 61.5 Å². The molecule has 0 aliphatic carbocycles. The lowest BCUT2D eigenvalue weighted by atomic mass is 10.0. The number of benzene rings is 2. The Morgan fingerprint density at radius 2 is 1.81 bits per heavy atom. The van der Waals surface area contributed by atoms with Crippen molar-refractivity contribution in [3.05, 3.63) is 76.1 Å². The van der Waals surface area contributed by atoms with E-state index in [0.717, 1.165) is 4.47 Å². The highest BCUT2D eigenvalue weighted by atomic mass is 79.9. The molecule has 0 radical (unpaired) electrons. The van der Waals surface area contributed by atoms with E-state index in [4.69, 9.17) is 4.52 Å². The predicted molar refractivity (Wildman–Crippen MR) is 104 cm³/mol. The molecule has 2 aromatic heterocycles. The molecule has 1 N–H and O–H groups in total. The number of rotatable bonds is 3. The van der Waals surface area contributed by atoms with Gasteiger partial charge in [0.25, 0.3) is 11.6 Å². The van der Waals surface area contributed by atoms with Crippen LogP contribution in [0.15, 0.2) is 63.6 Å². The summed E-state index contributed by atoms with van der Waals surface area (Å²) < 4.78 is 19.4. The summed E-state index contributed by atoms with van der Waals surface area (Å²) in [4.78, 5) is 17.3. The summed E-state index contributed by atoms with van der Waals surface area (Å²) in [5, 5.41) is 7.34. The maximum atomic E-state index is 13.2. The van der Waals surface area contributed by atoms with Crippen molar-refractivity contribution in [1.29, 1.82) is 0 Å². The number of pyridine rings is 1. The van der Waals surface area contributed by atoms with Crippen LogP contribution in [-0.2, 0) is 0 Å². The van der Waals surface area contributed by atoms with Crippen LogP contribution in [0, 0.1) is 12.7 Å². The van der Waals surface area contributed by atoms with E-state index in [-0.39, 0.29) is 17.4 Å². The summed E-state index contributed by atoms with van der Waals surface area (Å²) in [6, 6.07) is 14.8. The molecule has 1 amide bonds. The van der Waals surface area contributed by atoms with Gasteiger partial charge in [-0.15, -0.1) is 0 Å². The Labute approximate surface area is 162 Å². The number of anilines is 1. The number of carbonyl (C=O) groups is 1. The number of amides is 1. The molecule has 0 saturated heterocycles. The van der Waals surface area contributed by atoms with Crippen LogP contribution in [0.3, 0.4) is 0 Å². The largest absolute Gasteiger partial charge is 0.335 e. The Balaban J connectivity index is 1.80. The number of halogens is 2. The fourth-order valence-corrected chi connectivity index (χ4v) is 3.04. The van der Waals surface area contributed by atoms with Gasteiger partial charge in [0.2, 0.25) is 0 Å². The van der Waals surface area contributed by atoms with Crippen LogP contribution in [0.1, 0.15) is 16.1 Å². The number of hydrogen-bond donors (Lipinski definition) is 1. The van der Waals surface area contributed by atoms with Gasteiger partial charge in [-0.3, -0.25) is 4.79 Å². The first-order chi connectivity index (χ1) is 13.0. The zero-order valence-electron chi connectivity index (χ0n) is 14.2. The van der Waals surface area contributed by atoms with E-state index < -0.39 is 0 Å². The number of nitrogens with zero attached hydrogens (tertiary/aromatic N) is 2. The molecule has 0 atom stereocenters. The lowest BCUT2D eigenvalue weighted by molar-refractivity contribution is 0.102. The molecule has 4 aromatic rings. The highest BCUT2D eigenvalue weighted by Gasteiger charge is 2.19. The lowest BCUT2D eigenvalue weighted by Crippen LogP contribution is -2.13. The highest BCUT2D eigenvalue weighted by molar-refractivity contribution is 9.10. The standard InChI is InChI=1S/C20H13BrFN3O2/c1-11-18-16(19(26)23-15-8-4-13(21)5-9-15)10-17(24-20(18)27-25-11)12-2-6-14(22)7-3-12/h2-10H,1H3,(H,23,26). The van der Waals surface area contributed by atoms with E-state index in [1.807, 2.05) is 12.1 Å². The molecule has 0 bridgehead atoms. The van der Waals surface area contributed by atoms with Gasteiger partial charge in [0.15, 0.2) is 0 Å². The molecule has 4 rings (SSSR count). The maximum Gasteiger partial charge on any atom is 0.259 e. The zero-order chi connectivity index (χ0) is 19.0. The summed E-state index contributed by atoms with van der Waals surface area (Å²) >= 11 is 3.37. The van der Waals surface area contributed by atoms with Crippen LogP contribution in [0.25, 0.3) is 22.4 Å². The third kappa shape index (κ3) is 3.46. The molecular weight excluding hydrogens is 413 g/mol. The van der Waals surface area contributed by atoms with Gasteiger partial charge in [-0.25, -0.2) is 9.37 Å². The van der Waals surface area contributed by atoms with Gasteiger partial charge in [-0.2, -0.15) is 0 Å². The first kappa shape index (κ1) is 17.4. The third-order valence-electron chi connectivity index (χ3n) is 4.10. The van der Waals surface area contributed by atoms with E-state index in [1.165, 1.54) is 12.1 Å². The molecule has 7 heteroatoms. The van der Waals surface area contributed by atoms with Crippen molar-refractivity contribution in [1.82, 2.24) is 10.1 Å². The molecule has 0 aliphatic heterocycles. The smallest absolute Gasteiger partial charge is 0.259 e. The van der Waals surface area contributed by atoms with Gasteiger partial charge in [0.1, 0.15) is 5.82 Å². The Morgan fingerprint density at radius 3 is 2.52 bits per heavy atom. The van der Waals surface area contributed by atoms with Crippen molar-refractivity contribution in [3.63, 3.8) is 0 Å². The average molecular weight is 426 g/mol. The number of aryl methyl sites for hydroxylation is 1. The second-order valence-corrected chi connectivity index (χ2v) is 6.89. The third-order valence-corrected chi connectivity index (χ3v) is 4.63. The second-order valence-electron chi connectivity index (χ2n) is 5.97. The molecule has 27 heavy (non-hydrogen) atoms. The summed E-state index contributed by atoms with van der Waals surface area (Å²) in [5.74, 6) is -0.650. The van der Waals surface area contributed by atoms with Gasteiger partial charge >= 0.3 is 0 Å². The van der Waals surface area contributed by atoms with Gasteiger partial charge in [0.05, 0.1) is 22.3 Å². The number of hydrogen-bond acceptors (Lipinski definition) is 4. The van der Waals surface area contributed by atoms with E-state index >= 15 is 0 Å². The number of aromatic nitrogens is 2.